The third-order valence-corrected chi connectivity index (χ3v) is 4.73. The summed E-state index contributed by atoms with van der Waals surface area (Å²) < 4.78 is 27.4. The molecule has 5 heteroatoms. The van der Waals surface area contributed by atoms with Crippen molar-refractivity contribution in [1.29, 1.82) is 0 Å². The lowest BCUT2D eigenvalue weighted by Gasteiger charge is -2.23. The smallest absolute Gasteiger partial charge is 0.150 e. The fourth-order valence-electron chi connectivity index (χ4n) is 1.95. The number of rotatable bonds is 7. The molecule has 4 nitrogen and oxygen atoms in total. The van der Waals surface area contributed by atoms with Crippen LogP contribution >= 0.6 is 0 Å². The summed E-state index contributed by atoms with van der Waals surface area (Å²) in [5.74, 6) is 0.711. The summed E-state index contributed by atoms with van der Waals surface area (Å²) in [6.45, 7) is 1.83. The normalized spacial score (nSPS) is 21.1. The Morgan fingerprint density at radius 1 is 1.19 bits per heavy atom. The highest BCUT2D eigenvalue weighted by Gasteiger charge is 2.22. The van der Waals surface area contributed by atoms with E-state index in [-0.39, 0.29) is 0 Å². The second-order valence-electron chi connectivity index (χ2n) is 4.43. The largest absolute Gasteiger partial charge is 0.385 e. The molecule has 1 aliphatic heterocycles. The maximum atomic E-state index is 11.2. The van der Waals surface area contributed by atoms with Gasteiger partial charge in [-0.2, -0.15) is 0 Å². The van der Waals surface area contributed by atoms with Gasteiger partial charge in [-0.05, 0) is 38.6 Å². The van der Waals surface area contributed by atoms with Crippen molar-refractivity contribution in [2.75, 3.05) is 31.8 Å². The minimum atomic E-state index is -2.71. The third-order valence-electron chi connectivity index (χ3n) is 3.01. The van der Waals surface area contributed by atoms with Crippen LogP contribution in [-0.2, 0) is 14.6 Å². The van der Waals surface area contributed by atoms with Gasteiger partial charge < -0.3 is 10.1 Å². The number of hydrogen-bond acceptors (Lipinski definition) is 4. The molecule has 0 aliphatic carbocycles. The first-order valence-electron chi connectivity index (χ1n) is 6.07. The van der Waals surface area contributed by atoms with Crippen molar-refractivity contribution in [3.05, 3.63) is 0 Å². The predicted molar refractivity (Wildman–Crippen MR) is 65.4 cm³/mol. The van der Waals surface area contributed by atoms with Crippen molar-refractivity contribution in [1.82, 2.24) is 5.32 Å². The van der Waals surface area contributed by atoms with Crippen molar-refractivity contribution in [2.45, 2.75) is 38.1 Å². The standard InChI is InChI=1S/C11H23NO3S/c1-15-8-4-2-3-7-12-11-5-9-16(13,14)10-6-11/h11-12H,2-10H2,1H3. The molecule has 0 aromatic rings. The van der Waals surface area contributed by atoms with Crippen LogP contribution in [0.1, 0.15) is 32.1 Å². The number of methoxy groups -OCH3 is 1. The molecule has 1 fully saturated rings. The molecule has 1 aliphatic rings. The zero-order valence-electron chi connectivity index (χ0n) is 10.1. The van der Waals surface area contributed by atoms with Crippen LogP contribution in [0.15, 0.2) is 0 Å². The molecule has 1 heterocycles. The maximum absolute atomic E-state index is 11.2. The van der Waals surface area contributed by atoms with E-state index >= 15 is 0 Å². The fraction of sp³-hybridized carbons (Fsp3) is 1.00. The minimum absolute atomic E-state index is 0.355. The molecule has 16 heavy (non-hydrogen) atoms. The van der Waals surface area contributed by atoms with Crippen molar-refractivity contribution in [3.63, 3.8) is 0 Å². The van der Waals surface area contributed by atoms with Crippen molar-refractivity contribution in [2.24, 2.45) is 0 Å². The van der Waals surface area contributed by atoms with Crippen LogP contribution in [-0.4, -0.2) is 46.2 Å². The van der Waals surface area contributed by atoms with Gasteiger partial charge in [0.2, 0.25) is 0 Å². The lowest BCUT2D eigenvalue weighted by molar-refractivity contribution is 0.192. The summed E-state index contributed by atoms with van der Waals surface area (Å²) in [7, 11) is -0.992. The van der Waals surface area contributed by atoms with E-state index in [2.05, 4.69) is 5.32 Å². The highest BCUT2D eigenvalue weighted by Crippen LogP contribution is 2.12. The zero-order chi connectivity index (χ0) is 11.9. The molecular formula is C11H23NO3S. The van der Waals surface area contributed by atoms with E-state index in [0.717, 1.165) is 38.8 Å². The van der Waals surface area contributed by atoms with E-state index in [1.807, 2.05) is 0 Å². The number of sulfone groups is 1. The number of ether oxygens (including phenoxy) is 1. The summed E-state index contributed by atoms with van der Waals surface area (Å²) in [4.78, 5) is 0. The third kappa shape index (κ3) is 5.82. The monoisotopic (exact) mass is 249 g/mol. The first-order chi connectivity index (χ1) is 7.64. The lowest BCUT2D eigenvalue weighted by Crippen LogP contribution is -2.37. The molecule has 0 amide bonds. The molecule has 0 atom stereocenters. The van der Waals surface area contributed by atoms with Crippen molar-refractivity contribution >= 4 is 9.84 Å². The molecule has 0 saturated carbocycles. The predicted octanol–water partition coefficient (Wildman–Crippen LogP) is 0.970. The van der Waals surface area contributed by atoms with Crippen molar-refractivity contribution < 1.29 is 13.2 Å². The van der Waals surface area contributed by atoms with Crippen molar-refractivity contribution in [3.8, 4) is 0 Å². The van der Waals surface area contributed by atoms with Gasteiger partial charge in [-0.1, -0.05) is 0 Å². The Morgan fingerprint density at radius 3 is 2.50 bits per heavy atom. The molecule has 0 radical (unpaired) electrons. The van der Waals surface area contributed by atoms with Gasteiger partial charge in [0, 0.05) is 19.8 Å². The van der Waals surface area contributed by atoms with Crippen LogP contribution < -0.4 is 5.32 Å². The second kappa shape index (κ2) is 7.25. The lowest BCUT2D eigenvalue weighted by atomic mass is 10.1. The van der Waals surface area contributed by atoms with Crippen LogP contribution in [0.3, 0.4) is 0 Å². The molecule has 0 spiro atoms. The Bertz CT molecular complexity index is 263. The van der Waals surface area contributed by atoms with Gasteiger partial charge in [0.05, 0.1) is 11.5 Å². The fourth-order valence-corrected chi connectivity index (χ4v) is 3.44. The molecule has 0 aromatic heterocycles. The summed E-state index contributed by atoms with van der Waals surface area (Å²) in [5.41, 5.74) is 0. The highest BCUT2D eigenvalue weighted by atomic mass is 32.2. The molecule has 0 aromatic carbocycles. The van der Waals surface area contributed by atoms with E-state index in [9.17, 15) is 8.42 Å². The second-order valence-corrected chi connectivity index (χ2v) is 6.74. The Hall–Kier alpha value is -0.130. The van der Waals surface area contributed by atoms with Gasteiger partial charge >= 0.3 is 0 Å². The Labute approximate surface area is 98.7 Å². The number of unbranched alkanes of at least 4 members (excludes halogenated alkanes) is 2. The van der Waals surface area contributed by atoms with Crippen LogP contribution in [0.25, 0.3) is 0 Å². The van der Waals surface area contributed by atoms with E-state index in [1.54, 1.807) is 7.11 Å². The van der Waals surface area contributed by atoms with Gasteiger partial charge in [-0.3, -0.25) is 0 Å². The first kappa shape index (κ1) is 13.9. The summed E-state index contributed by atoms with van der Waals surface area (Å²) >= 11 is 0. The molecule has 1 rings (SSSR count). The van der Waals surface area contributed by atoms with Gasteiger partial charge in [0.15, 0.2) is 0 Å². The van der Waals surface area contributed by atoms with Crippen LogP contribution in [0.4, 0.5) is 0 Å². The molecule has 0 unspecified atom stereocenters. The minimum Gasteiger partial charge on any atom is -0.385 e. The number of nitrogens with one attached hydrogen (secondary N) is 1. The topological polar surface area (TPSA) is 55.4 Å². The first-order valence-corrected chi connectivity index (χ1v) is 7.89. The SMILES string of the molecule is COCCCCCNC1CCS(=O)(=O)CC1. The maximum Gasteiger partial charge on any atom is 0.150 e. The number of hydrogen-bond donors (Lipinski definition) is 1. The molecule has 0 bridgehead atoms. The molecule has 1 saturated heterocycles. The summed E-state index contributed by atoms with van der Waals surface area (Å²) in [6.07, 6.45) is 4.98. The highest BCUT2D eigenvalue weighted by molar-refractivity contribution is 7.91. The Balaban J connectivity index is 1.98. The average Bonchev–Trinajstić information content (AvgIpc) is 2.25. The van der Waals surface area contributed by atoms with E-state index in [0.29, 0.717) is 17.5 Å². The van der Waals surface area contributed by atoms with E-state index in [4.69, 9.17) is 4.74 Å². The van der Waals surface area contributed by atoms with E-state index in [1.165, 1.54) is 6.42 Å². The quantitative estimate of drug-likeness (QED) is 0.683. The molecule has 1 N–H and O–H groups in total. The van der Waals surface area contributed by atoms with E-state index < -0.39 is 9.84 Å². The summed E-state index contributed by atoms with van der Waals surface area (Å²) in [5, 5.41) is 3.43. The Morgan fingerprint density at radius 2 is 1.88 bits per heavy atom. The van der Waals surface area contributed by atoms with Gasteiger partial charge in [0.1, 0.15) is 9.84 Å². The van der Waals surface area contributed by atoms with Gasteiger partial charge in [0.25, 0.3) is 0 Å². The van der Waals surface area contributed by atoms with Crippen LogP contribution in [0.2, 0.25) is 0 Å². The van der Waals surface area contributed by atoms with Crippen LogP contribution in [0.5, 0.6) is 0 Å². The zero-order valence-corrected chi connectivity index (χ0v) is 10.9. The van der Waals surface area contributed by atoms with Gasteiger partial charge in [-0.25, -0.2) is 8.42 Å². The van der Waals surface area contributed by atoms with Gasteiger partial charge in [-0.15, -0.1) is 0 Å². The molecule has 96 valence electrons. The average molecular weight is 249 g/mol. The molecular weight excluding hydrogens is 226 g/mol. The summed E-state index contributed by atoms with van der Waals surface area (Å²) in [6, 6.07) is 0.408. The Kier molecular flexibility index (Phi) is 6.31. The van der Waals surface area contributed by atoms with Crippen LogP contribution in [0, 0.1) is 0 Å².